The van der Waals surface area contributed by atoms with Crippen molar-refractivity contribution in [3.8, 4) is 12.1 Å². The van der Waals surface area contributed by atoms with Crippen LogP contribution in [-0.4, -0.2) is 17.6 Å². The number of nitrogens with zero attached hydrogens (tertiary/aromatic N) is 2. The van der Waals surface area contributed by atoms with Crippen LogP contribution in [0.5, 0.6) is 0 Å². The lowest BCUT2D eigenvalue weighted by Gasteiger charge is -2.07. The summed E-state index contributed by atoms with van der Waals surface area (Å²) in [4.78, 5) is 15.4. The quantitative estimate of drug-likeness (QED) is 0.645. The first-order valence-electron chi connectivity index (χ1n) is 7.65. The molecule has 0 aliphatic rings. The number of hydrogen-bond donors (Lipinski definition) is 1. The van der Waals surface area contributed by atoms with Crippen molar-refractivity contribution in [1.82, 2.24) is 4.98 Å². The number of esters is 1. The van der Waals surface area contributed by atoms with Gasteiger partial charge in [-0.2, -0.15) is 10.5 Å². The van der Waals surface area contributed by atoms with Gasteiger partial charge in [0.15, 0.2) is 0 Å². The van der Waals surface area contributed by atoms with Crippen LogP contribution >= 0.6 is 11.6 Å². The fraction of sp³-hybridized carbons (Fsp3) is 0.211. The largest absolute Gasteiger partial charge is 0.462 e. The molecule has 25 heavy (non-hydrogen) atoms. The summed E-state index contributed by atoms with van der Waals surface area (Å²) in [5.41, 5.74) is 3.10. The molecule has 0 spiro atoms. The normalized spacial score (nSPS) is 9.80. The van der Waals surface area contributed by atoms with Gasteiger partial charge in [-0.1, -0.05) is 23.7 Å². The summed E-state index contributed by atoms with van der Waals surface area (Å²) in [6.45, 7) is 3.75. The summed E-state index contributed by atoms with van der Waals surface area (Å²) >= 11 is 6.04. The fourth-order valence-corrected chi connectivity index (χ4v) is 2.79. The fourth-order valence-electron chi connectivity index (χ4n) is 2.57. The molecule has 0 saturated carbocycles. The molecule has 2 rings (SSSR count). The zero-order chi connectivity index (χ0) is 18.4. The van der Waals surface area contributed by atoms with Crippen molar-refractivity contribution in [2.45, 2.75) is 20.3 Å². The van der Waals surface area contributed by atoms with Gasteiger partial charge in [0, 0.05) is 22.8 Å². The van der Waals surface area contributed by atoms with Crippen molar-refractivity contribution >= 4 is 23.6 Å². The number of allylic oxidation sites excluding steroid dienone is 1. The lowest BCUT2D eigenvalue weighted by molar-refractivity contribution is 0.0524. The maximum Gasteiger partial charge on any atom is 0.340 e. The second-order valence-corrected chi connectivity index (χ2v) is 5.76. The summed E-state index contributed by atoms with van der Waals surface area (Å²) in [6.07, 6.45) is 1.85. The van der Waals surface area contributed by atoms with Gasteiger partial charge < -0.3 is 9.72 Å². The number of benzene rings is 1. The molecule has 0 fully saturated rings. The molecule has 1 N–H and O–H groups in total. The third-order valence-corrected chi connectivity index (χ3v) is 3.84. The van der Waals surface area contributed by atoms with E-state index in [9.17, 15) is 4.79 Å². The van der Waals surface area contributed by atoms with Gasteiger partial charge in [-0.3, -0.25) is 0 Å². The Bertz CT molecular complexity index is 898. The van der Waals surface area contributed by atoms with E-state index in [1.165, 1.54) is 6.08 Å². The van der Waals surface area contributed by atoms with Gasteiger partial charge in [-0.25, -0.2) is 4.79 Å². The summed E-state index contributed by atoms with van der Waals surface area (Å²) in [5, 5.41) is 18.6. The topological polar surface area (TPSA) is 89.7 Å². The molecule has 1 heterocycles. The Morgan fingerprint density at radius 1 is 1.36 bits per heavy atom. The summed E-state index contributed by atoms with van der Waals surface area (Å²) in [6, 6.07) is 10.9. The van der Waals surface area contributed by atoms with E-state index < -0.39 is 5.97 Å². The molecule has 0 radical (unpaired) electrons. The SMILES string of the molecule is CCOC(=O)c1c(C)[nH]c(C=C(C#N)C#N)c1Cc1cccc(Cl)c1. The number of aryl methyl sites for hydroxylation is 1. The highest BCUT2D eigenvalue weighted by atomic mass is 35.5. The summed E-state index contributed by atoms with van der Waals surface area (Å²) in [7, 11) is 0. The van der Waals surface area contributed by atoms with Gasteiger partial charge in [0.05, 0.1) is 12.2 Å². The van der Waals surface area contributed by atoms with E-state index in [2.05, 4.69) is 4.98 Å². The van der Waals surface area contributed by atoms with Crippen molar-refractivity contribution in [1.29, 1.82) is 10.5 Å². The van der Waals surface area contributed by atoms with Crippen LogP contribution in [0, 0.1) is 29.6 Å². The van der Waals surface area contributed by atoms with Crippen LogP contribution in [0.2, 0.25) is 5.02 Å². The first-order valence-corrected chi connectivity index (χ1v) is 8.02. The smallest absolute Gasteiger partial charge is 0.340 e. The number of rotatable bonds is 5. The number of nitriles is 2. The standard InChI is InChI=1S/C19H16ClN3O2/c1-3-25-19(24)18-12(2)23-17(9-14(10-21)11-22)16(18)8-13-5-4-6-15(20)7-13/h4-7,9,23H,3,8H2,1-2H3. The van der Waals surface area contributed by atoms with Gasteiger partial charge in [-0.15, -0.1) is 0 Å². The minimum absolute atomic E-state index is 0.0518. The molecule has 2 aromatic rings. The average molecular weight is 354 g/mol. The van der Waals surface area contributed by atoms with Gasteiger partial charge in [0.1, 0.15) is 17.7 Å². The predicted octanol–water partition coefficient (Wildman–Crippen LogP) is 4.17. The lowest BCUT2D eigenvalue weighted by Crippen LogP contribution is -2.08. The number of hydrogen-bond acceptors (Lipinski definition) is 4. The summed E-state index contributed by atoms with van der Waals surface area (Å²) < 4.78 is 5.15. The molecular formula is C19H16ClN3O2. The van der Waals surface area contributed by atoms with E-state index in [1.807, 2.05) is 30.3 Å². The zero-order valence-corrected chi connectivity index (χ0v) is 14.6. The number of ether oxygens (including phenoxy) is 1. The Balaban J connectivity index is 2.59. The van der Waals surface area contributed by atoms with Gasteiger partial charge in [-0.05, 0) is 43.2 Å². The maximum atomic E-state index is 12.4. The van der Waals surface area contributed by atoms with Crippen LogP contribution < -0.4 is 0 Å². The minimum atomic E-state index is -0.441. The number of aromatic amines is 1. The molecule has 126 valence electrons. The van der Waals surface area contributed by atoms with E-state index in [-0.39, 0.29) is 12.2 Å². The molecule has 1 aromatic heterocycles. The van der Waals surface area contributed by atoms with Crippen LogP contribution in [0.4, 0.5) is 0 Å². The van der Waals surface area contributed by atoms with Crippen molar-refractivity contribution < 1.29 is 9.53 Å². The minimum Gasteiger partial charge on any atom is -0.462 e. The Hall–Kier alpha value is -3.02. The van der Waals surface area contributed by atoms with Crippen molar-refractivity contribution in [2.75, 3.05) is 6.61 Å². The molecule has 0 unspecified atom stereocenters. The van der Waals surface area contributed by atoms with Crippen LogP contribution in [0.1, 0.15) is 39.8 Å². The average Bonchev–Trinajstić information content (AvgIpc) is 2.88. The highest BCUT2D eigenvalue weighted by molar-refractivity contribution is 6.30. The molecule has 0 amide bonds. The zero-order valence-electron chi connectivity index (χ0n) is 13.9. The number of nitrogens with one attached hydrogen (secondary N) is 1. The second kappa shape index (κ2) is 8.19. The lowest BCUT2D eigenvalue weighted by atomic mass is 9.99. The molecular weight excluding hydrogens is 338 g/mol. The van der Waals surface area contributed by atoms with Crippen molar-refractivity contribution in [2.24, 2.45) is 0 Å². The maximum absolute atomic E-state index is 12.4. The van der Waals surface area contributed by atoms with E-state index in [4.69, 9.17) is 26.9 Å². The van der Waals surface area contributed by atoms with Gasteiger partial charge in [0.2, 0.25) is 0 Å². The number of H-pyrrole nitrogens is 1. The molecule has 5 nitrogen and oxygen atoms in total. The Labute approximate surface area is 151 Å². The molecule has 0 saturated heterocycles. The Morgan fingerprint density at radius 3 is 2.68 bits per heavy atom. The van der Waals surface area contributed by atoms with E-state index in [1.54, 1.807) is 19.9 Å². The molecule has 0 atom stereocenters. The molecule has 0 aliphatic heterocycles. The van der Waals surface area contributed by atoms with E-state index in [0.29, 0.717) is 34.0 Å². The third kappa shape index (κ3) is 4.29. The highest BCUT2D eigenvalue weighted by Crippen LogP contribution is 2.26. The number of carbonyl (C=O) groups excluding carboxylic acids is 1. The molecule has 0 aliphatic carbocycles. The van der Waals surface area contributed by atoms with Crippen molar-refractivity contribution in [3.63, 3.8) is 0 Å². The molecule has 1 aromatic carbocycles. The monoisotopic (exact) mass is 353 g/mol. The second-order valence-electron chi connectivity index (χ2n) is 5.33. The predicted molar refractivity (Wildman–Crippen MR) is 94.9 cm³/mol. The Kier molecular flexibility index (Phi) is 6.00. The first kappa shape index (κ1) is 18.3. The number of carbonyl (C=O) groups is 1. The van der Waals surface area contributed by atoms with Gasteiger partial charge >= 0.3 is 5.97 Å². The molecule has 0 bridgehead atoms. The first-order chi connectivity index (χ1) is 12.0. The van der Waals surface area contributed by atoms with E-state index in [0.717, 1.165) is 5.56 Å². The summed E-state index contributed by atoms with van der Waals surface area (Å²) in [5.74, 6) is -0.441. The van der Waals surface area contributed by atoms with Gasteiger partial charge in [0.25, 0.3) is 0 Å². The highest BCUT2D eigenvalue weighted by Gasteiger charge is 2.22. The van der Waals surface area contributed by atoms with Crippen LogP contribution in [0.3, 0.4) is 0 Å². The molecule has 6 heteroatoms. The number of halogens is 1. The number of aromatic nitrogens is 1. The van der Waals surface area contributed by atoms with Crippen LogP contribution in [-0.2, 0) is 11.2 Å². The van der Waals surface area contributed by atoms with Crippen LogP contribution in [0.25, 0.3) is 6.08 Å². The third-order valence-electron chi connectivity index (χ3n) is 3.60. The van der Waals surface area contributed by atoms with E-state index >= 15 is 0 Å². The van der Waals surface area contributed by atoms with Crippen LogP contribution in [0.15, 0.2) is 29.8 Å². The van der Waals surface area contributed by atoms with Crippen molar-refractivity contribution in [3.05, 3.63) is 62.9 Å². The Morgan fingerprint density at radius 2 is 2.08 bits per heavy atom.